The fourth-order valence-corrected chi connectivity index (χ4v) is 4.39. The molecule has 0 spiro atoms. The van der Waals surface area contributed by atoms with Crippen molar-refractivity contribution in [3.05, 3.63) is 18.2 Å². The Bertz CT molecular complexity index is 372. The second-order valence-corrected chi connectivity index (χ2v) is 7.07. The van der Waals surface area contributed by atoms with Gasteiger partial charge in [0.25, 0.3) is 0 Å². The average Bonchev–Trinajstić information content (AvgIpc) is 3.09. The molecule has 1 aliphatic rings. The molecule has 3 nitrogen and oxygen atoms in total. The van der Waals surface area contributed by atoms with E-state index in [2.05, 4.69) is 46.7 Å². The minimum absolute atomic E-state index is 0.559. The summed E-state index contributed by atoms with van der Waals surface area (Å²) in [5, 5.41) is 4.55. The van der Waals surface area contributed by atoms with Crippen molar-refractivity contribution in [2.45, 2.75) is 70.2 Å². The van der Waals surface area contributed by atoms with Crippen molar-refractivity contribution in [1.29, 1.82) is 0 Å². The summed E-state index contributed by atoms with van der Waals surface area (Å²) in [6.07, 6.45) is 12.0. The molecule has 0 bridgehead atoms. The maximum atomic E-state index is 4.55. The molecule has 1 heterocycles. The fourth-order valence-electron chi connectivity index (χ4n) is 2.98. The lowest BCUT2D eigenvalue weighted by molar-refractivity contribution is 0.534. The van der Waals surface area contributed by atoms with Crippen molar-refractivity contribution < 1.29 is 0 Å². The van der Waals surface area contributed by atoms with Crippen LogP contribution in [-0.2, 0) is 13.0 Å². The van der Waals surface area contributed by atoms with E-state index >= 15 is 0 Å². The first kappa shape index (κ1) is 15.9. The fraction of sp³-hybridized carbons (Fsp3) is 0.812. The smallest absolute Gasteiger partial charge is 0.110 e. The largest absolute Gasteiger partial charge is 0.335 e. The first-order valence-electron chi connectivity index (χ1n) is 8.18. The monoisotopic (exact) mass is 295 g/mol. The zero-order valence-electron chi connectivity index (χ0n) is 13.0. The molecule has 2 rings (SSSR count). The van der Waals surface area contributed by atoms with Gasteiger partial charge in [-0.1, -0.05) is 26.7 Å². The Morgan fingerprint density at radius 2 is 2.20 bits per heavy atom. The van der Waals surface area contributed by atoms with Crippen LogP contribution in [-0.4, -0.2) is 33.1 Å². The van der Waals surface area contributed by atoms with Crippen molar-refractivity contribution in [3.8, 4) is 0 Å². The Hall–Kier alpha value is -0.480. The highest BCUT2D eigenvalue weighted by molar-refractivity contribution is 7.99. The van der Waals surface area contributed by atoms with E-state index in [9.17, 15) is 0 Å². The van der Waals surface area contributed by atoms with Gasteiger partial charge in [0.2, 0.25) is 0 Å². The third-order valence-electron chi connectivity index (χ3n) is 4.02. The second-order valence-electron chi connectivity index (χ2n) is 5.74. The van der Waals surface area contributed by atoms with E-state index in [1.165, 1.54) is 43.7 Å². The maximum absolute atomic E-state index is 4.55. The molecule has 4 heteroatoms. The Morgan fingerprint density at radius 1 is 1.40 bits per heavy atom. The summed E-state index contributed by atoms with van der Waals surface area (Å²) < 4.78 is 2.31. The number of thioether (sulfide) groups is 1. The summed E-state index contributed by atoms with van der Waals surface area (Å²) in [7, 11) is 0. The third kappa shape index (κ3) is 4.81. The molecule has 0 aromatic carbocycles. The van der Waals surface area contributed by atoms with Gasteiger partial charge in [0.15, 0.2) is 0 Å². The number of nitrogens with one attached hydrogen (secondary N) is 1. The van der Waals surface area contributed by atoms with Crippen molar-refractivity contribution >= 4 is 11.8 Å². The molecular formula is C16H29N3S. The van der Waals surface area contributed by atoms with E-state index in [1.54, 1.807) is 0 Å². The summed E-state index contributed by atoms with van der Waals surface area (Å²) in [6.45, 7) is 6.56. The van der Waals surface area contributed by atoms with Crippen molar-refractivity contribution in [3.63, 3.8) is 0 Å². The van der Waals surface area contributed by atoms with Crippen LogP contribution in [0.2, 0.25) is 0 Å². The van der Waals surface area contributed by atoms with Crippen molar-refractivity contribution in [1.82, 2.24) is 14.9 Å². The normalized spacial score (nSPS) is 17.7. The molecule has 1 N–H and O–H groups in total. The first-order valence-corrected chi connectivity index (χ1v) is 9.23. The summed E-state index contributed by atoms with van der Waals surface area (Å²) in [5.74, 6) is 2.46. The number of nitrogens with zero attached hydrogens (tertiary/aromatic N) is 2. The van der Waals surface area contributed by atoms with Gasteiger partial charge < -0.3 is 9.88 Å². The van der Waals surface area contributed by atoms with E-state index in [4.69, 9.17) is 0 Å². The molecule has 1 atom stereocenters. The minimum Gasteiger partial charge on any atom is -0.335 e. The molecule has 1 aromatic rings. The van der Waals surface area contributed by atoms with Crippen molar-refractivity contribution in [2.24, 2.45) is 0 Å². The Labute approximate surface area is 127 Å². The lowest BCUT2D eigenvalue weighted by Gasteiger charge is -2.20. The lowest BCUT2D eigenvalue weighted by atomic mass is 10.2. The highest BCUT2D eigenvalue weighted by Gasteiger charge is 2.18. The molecule has 1 unspecified atom stereocenters. The molecule has 1 aliphatic carbocycles. The zero-order valence-corrected chi connectivity index (χ0v) is 13.8. The quantitative estimate of drug-likeness (QED) is 0.756. The Morgan fingerprint density at radius 3 is 2.90 bits per heavy atom. The topological polar surface area (TPSA) is 29.9 Å². The van der Waals surface area contributed by atoms with Gasteiger partial charge in [0.05, 0.1) is 0 Å². The molecule has 1 aromatic heterocycles. The molecule has 0 amide bonds. The van der Waals surface area contributed by atoms with E-state index in [0.717, 1.165) is 24.8 Å². The number of rotatable bonds is 9. The summed E-state index contributed by atoms with van der Waals surface area (Å²) >= 11 is 2.17. The Balaban J connectivity index is 1.85. The molecule has 20 heavy (non-hydrogen) atoms. The van der Waals surface area contributed by atoms with Crippen LogP contribution in [0.3, 0.4) is 0 Å². The van der Waals surface area contributed by atoms with Gasteiger partial charge in [-0.2, -0.15) is 11.8 Å². The van der Waals surface area contributed by atoms with Gasteiger partial charge in [-0.05, 0) is 25.8 Å². The molecule has 1 saturated carbocycles. The zero-order chi connectivity index (χ0) is 14.2. The summed E-state index contributed by atoms with van der Waals surface area (Å²) in [6, 6.07) is 0.559. The number of aryl methyl sites for hydroxylation is 1. The summed E-state index contributed by atoms with van der Waals surface area (Å²) in [4.78, 5) is 4.55. The second kappa shape index (κ2) is 8.73. The van der Waals surface area contributed by atoms with Crippen LogP contribution in [0, 0.1) is 0 Å². The number of aromatic nitrogens is 2. The SMILES string of the molecule is CCCn1ccnc1CC(CSC1CCCC1)NCC. The van der Waals surface area contributed by atoms with Crippen LogP contribution in [0.5, 0.6) is 0 Å². The standard InChI is InChI=1S/C16H29N3S/c1-3-10-19-11-9-18-16(19)12-14(17-4-2)13-20-15-7-5-6-8-15/h9,11,14-15,17H,3-8,10,12-13H2,1-2H3. The molecular weight excluding hydrogens is 266 g/mol. The Kier molecular flexibility index (Phi) is 6.94. The van der Waals surface area contributed by atoms with Crippen LogP contribution in [0.4, 0.5) is 0 Å². The van der Waals surface area contributed by atoms with Crippen LogP contribution < -0.4 is 5.32 Å². The lowest BCUT2D eigenvalue weighted by Crippen LogP contribution is -2.34. The van der Waals surface area contributed by atoms with Crippen LogP contribution in [0.1, 0.15) is 51.8 Å². The van der Waals surface area contributed by atoms with E-state index in [1.807, 2.05) is 6.20 Å². The molecule has 0 saturated heterocycles. The highest BCUT2D eigenvalue weighted by Crippen LogP contribution is 2.29. The third-order valence-corrected chi connectivity index (χ3v) is 5.56. The predicted molar refractivity (Wildman–Crippen MR) is 88.4 cm³/mol. The average molecular weight is 295 g/mol. The molecule has 1 fully saturated rings. The highest BCUT2D eigenvalue weighted by atomic mass is 32.2. The molecule has 114 valence electrons. The maximum Gasteiger partial charge on any atom is 0.110 e. The van der Waals surface area contributed by atoms with Crippen LogP contribution in [0.25, 0.3) is 0 Å². The molecule has 0 radical (unpaired) electrons. The minimum atomic E-state index is 0.559. The van der Waals surface area contributed by atoms with Crippen LogP contribution in [0.15, 0.2) is 12.4 Å². The number of likely N-dealkylation sites (N-methyl/N-ethyl adjacent to an activating group) is 1. The van der Waals surface area contributed by atoms with Gasteiger partial charge in [-0.15, -0.1) is 0 Å². The van der Waals surface area contributed by atoms with Gasteiger partial charge in [-0.25, -0.2) is 4.98 Å². The van der Waals surface area contributed by atoms with E-state index in [0.29, 0.717) is 6.04 Å². The summed E-state index contributed by atoms with van der Waals surface area (Å²) in [5.41, 5.74) is 0. The van der Waals surface area contributed by atoms with E-state index in [-0.39, 0.29) is 0 Å². The molecule has 0 aliphatic heterocycles. The van der Waals surface area contributed by atoms with Crippen molar-refractivity contribution in [2.75, 3.05) is 12.3 Å². The predicted octanol–water partition coefficient (Wildman–Crippen LogP) is 3.49. The number of hydrogen-bond acceptors (Lipinski definition) is 3. The first-order chi connectivity index (χ1) is 9.83. The van der Waals surface area contributed by atoms with Gasteiger partial charge in [0, 0.05) is 42.4 Å². The van der Waals surface area contributed by atoms with Gasteiger partial charge in [-0.3, -0.25) is 0 Å². The number of hydrogen-bond donors (Lipinski definition) is 1. The number of imidazole rings is 1. The van der Waals surface area contributed by atoms with Gasteiger partial charge >= 0.3 is 0 Å². The van der Waals surface area contributed by atoms with Crippen LogP contribution >= 0.6 is 11.8 Å². The van der Waals surface area contributed by atoms with Gasteiger partial charge in [0.1, 0.15) is 5.82 Å². The van der Waals surface area contributed by atoms with E-state index < -0.39 is 0 Å².